The van der Waals surface area contributed by atoms with Crippen LogP contribution in [0.5, 0.6) is 0 Å². The van der Waals surface area contributed by atoms with Crippen molar-refractivity contribution >= 4 is 53.3 Å². The van der Waals surface area contributed by atoms with Gasteiger partial charge in [-0.3, -0.25) is 0 Å². The molecule has 0 aliphatic carbocycles. The van der Waals surface area contributed by atoms with E-state index in [0.717, 1.165) is 11.3 Å². The molecule has 0 unspecified atom stereocenters. The van der Waals surface area contributed by atoms with Crippen LogP contribution < -0.4 is 0 Å². The highest BCUT2D eigenvalue weighted by molar-refractivity contribution is 7.26. The predicted octanol–water partition coefficient (Wildman–Crippen LogP) is 12.0. The first-order valence-electron chi connectivity index (χ1n) is 22.6. The Balaban J connectivity index is 1.41. The van der Waals surface area contributed by atoms with E-state index in [2.05, 4.69) is 0 Å². The number of benzene rings is 7. The molecule has 50 heavy (non-hydrogen) atoms. The van der Waals surface area contributed by atoms with Crippen molar-refractivity contribution < 1.29 is 19.2 Å². The van der Waals surface area contributed by atoms with E-state index >= 15 is 0 Å². The second kappa shape index (κ2) is 11.6. The second-order valence-electron chi connectivity index (χ2n) is 11.4. The molecule has 0 saturated heterocycles. The summed E-state index contributed by atoms with van der Waals surface area (Å²) in [5.41, 5.74) is 1.57. The summed E-state index contributed by atoms with van der Waals surface area (Å²) in [5, 5.41) is -0.180. The molecule has 0 atom stereocenters. The van der Waals surface area contributed by atoms with E-state index in [9.17, 15) is 4.11 Å². The van der Waals surface area contributed by atoms with Crippen LogP contribution in [0.1, 0.15) is 19.2 Å². The van der Waals surface area contributed by atoms with Gasteiger partial charge in [-0.15, -0.1) is 11.3 Å². The molecule has 0 saturated carbocycles. The van der Waals surface area contributed by atoms with Crippen molar-refractivity contribution in [3.05, 3.63) is 170 Å². The molecule has 0 aliphatic rings. The molecule has 10 rings (SSSR count). The van der Waals surface area contributed by atoms with Crippen molar-refractivity contribution in [3.8, 4) is 51.0 Å². The van der Waals surface area contributed by atoms with E-state index in [-0.39, 0.29) is 82.7 Å². The maximum Gasteiger partial charge on any atom is 0.164 e. The Hall–Kier alpha value is -6.43. The van der Waals surface area contributed by atoms with Gasteiger partial charge in [0.15, 0.2) is 17.5 Å². The monoisotopic (exact) mass is 670 g/mol. The third-order valence-electron chi connectivity index (χ3n) is 8.48. The van der Waals surface area contributed by atoms with E-state index in [1.807, 2.05) is 60.7 Å². The van der Waals surface area contributed by atoms with E-state index in [1.54, 1.807) is 18.2 Å². The van der Waals surface area contributed by atoms with E-state index < -0.39 is 66.5 Å². The Bertz CT molecular complexity index is 3530. The molecule has 0 radical (unpaired) electrons. The van der Waals surface area contributed by atoms with Crippen LogP contribution in [0, 0.1) is 0 Å². The first kappa shape index (κ1) is 17.8. The summed E-state index contributed by atoms with van der Waals surface area (Å²) in [5.74, 6) is 0.845. The molecular weight excluding hydrogens is 629 g/mol. The van der Waals surface area contributed by atoms with Crippen LogP contribution >= 0.6 is 11.3 Å². The Morgan fingerprint density at radius 3 is 1.70 bits per heavy atom. The predicted molar refractivity (Wildman–Crippen MR) is 209 cm³/mol. The zero-order valence-electron chi connectivity index (χ0n) is 39.8. The molecule has 3 heterocycles. The topological polar surface area (TPSA) is 43.6 Å². The molecule has 0 N–H and O–H groups in total. The van der Waals surface area contributed by atoms with Gasteiger partial charge in [0.1, 0.15) is 0 Å². The van der Waals surface area contributed by atoms with Crippen molar-refractivity contribution in [2.45, 2.75) is 0 Å². The number of hydrogen-bond acceptors (Lipinski definition) is 4. The molecule has 4 nitrogen and oxygen atoms in total. The van der Waals surface area contributed by atoms with Gasteiger partial charge in [0.2, 0.25) is 0 Å². The molecule has 7 aromatic carbocycles. The van der Waals surface area contributed by atoms with Crippen LogP contribution in [0.2, 0.25) is 0 Å². The molecule has 0 spiro atoms. The molecule has 3 aromatic heterocycles. The van der Waals surface area contributed by atoms with Gasteiger partial charge in [-0.25, -0.2) is 15.0 Å². The lowest BCUT2D eigenvalue weighted by Gasteiger charge is -2.17. The van der Waals surface area contributed by atoms with Crippen molar-refractivity contribution in [2.75, 3.05) is 0 Å². The Morgan fingerprint density at radius 2 is 1.04 bits per heavy atom. The summed E-state index contributed by atoms with van der Waals surface area (Å²) >= 11 is 0.996. The zero-order chi connectivity index (χ0) is 45.2. The highest BCUT2D eigenvalue weighted by atomic mass is 32.1. The highest BCUT2D eigenvalue weighted by Gasteiger charge is 2.20. The summed E-state index contributed by atoms with van der Waals surface area (Å²) in [6.45, 7) is 0. The second-order valence-corrected chi connectivity index (χ2v) is 12.4. The van der Waals surface area contributed by atoms with Crippen molar-refractivity contribution in [1.29, 1.82) is 0 Å². The molecule has 0 amide bonds. The Labute approximate surface area is 312 Å². The van der Waals surface area contributed by atoms with Crippen LogP contribution in [0.25, 0.3) is 93.0 Å². The molecule has 0 bridgehead atoms. The number of fused-ring (bicyclic) bond motifs is 6. The Morgan fingerprint density at radius 1 is 0.460 bits per heavy atom. The van der Waals surface area contributed by atoms with Crippen LogP contribution in [0.15, 0.2) is 170 Å². The maximum atomic E-state index is 9.55. The Kier molecular flexibility index (Phi) is 4.14. The van der Waals surface area contributed by atoms with Crippen molar-refractivity contribution in [2.24, 2.45) is 0 Å². The van der Waals surface area contributed by atoms with Gasteiger partial charge in [-0.2, -0.15) is 0 Å². The number of aromatic nitrogens is 4. The minimum absolute atomic E-state index is 0.0247. The lowest BCUT2D eigenvalue weighted by Crippen LogP contribution is -2.02. The third kappa shape index (κ3) is 4.63. The van der Waals surface area contributed by atoms with Crippen LogP contribution in [-0.4, -0.2) is 19.5 Å². The average Bonchev–Trinajstić information content (AvgIpc) is 3.89. The van der Waals surface area contributed by atoms with Gasteiger partial charge >= 0.3 is 0 Å². The number of hydrogen-bond donors (Lipinski definition) is 0. The molecule has 0 aliphatic heterocycles. The normalized spacial score (nSPS) is 15.5. The minimum atomic E-state index is -0.626. The minimum Gasteiger partial charge on any atom is -0.309 e. The number of thiophene rings is 1. The van der Waals surface area contributed by atoms with Gasteiger partial charge in [0, 0.05) is 58.8 Å². The standard InChI is InChI=1S/C45H28N4S/c1-3-14-29(15-4-1)43-46-44(30-16-5-2-6-17-30)48-45(47-43)31-26-27-40(49-38-23-10-7-18-32(38)33-19-8-11-24-39(33)49)37(28-31)36-22-13-21-35-34-20-9-12-25-41(34)50-42(35)36/h1-28H/i7D,8D,9D,10D,11D,13D,18D,19D,20D,21D,22D,23D,24D,25D. The molecule has 234 valence electrons. The van der Waals surface area contributed by atoms with Gasteiger partial charge in [-0.05, 0) is 36.3 Å². The molecule has 5 heteroatoms. The molecule has 0 fully saturated rings. The smallest absolute Gasteiger partial charge is 0.164 e. The quantitative estimate of drug-likeness (QED) is 0.183. The summed E-state index contributed by atoms with van der Waals surface area (Å²) in [6.07, 6.45) is 0. The first-order chi connectivity index (χ1) is 30.6. The summed E-state index contributed by atoms with van der Waals surface area (Å²) < 4.78 is 127. The lowest BCUT2D eigenvalue weighted by atomic mass is 9.98. The number of rotatable bonds is 5. The fraction of sp³-hybridized carbons (Fsp3) is 0. The zero-order valence-corrected chi connectivity index (χ0v) is 26.6. The van der Waals surface area contributed by atoms with E-state index in [0.29, 0.717) is 28.3 Å². The van der Waals surface area contributed by atoms with Gasteiger partial charge in [0.05, 0.1) is 35.9 Å². The fourth-order valence-corrected chi connectivity index (χ4v) is 7.33. The fourth-order valence-electron chi connectivity index (χ4n) is 6.23. The lowest BCUT2D eigenvalue weighted by molar-refractivity contribution is 1.07. The van der Waals surface area contributed by atoms with E-state index in [4.69, 9.17) is 30.0 Å². The first-order valence-corrected chi connectivity index (χ1v) is 16.4. The van der Waals surface area contributed by atoms with Gasteiger partial charge < -0.3 is 4.57 Å². The van der Waals surface area contributed by atoms with Crippen LogP contribution in [-0.2, 0) is 0 Å². The van der Waals surface area contributed by atoms with Gasteiger partial charge in [-0.1, -0.05) is 133 Å². The van der Waals surface area contributed by atoms with Crippen LogP contribution in [0.3, 0.4) is 0 Å². The summed E-state index contributed by atoms with van der Waals surface area (Å²) in [7, 11) is 0. The van der Waals surface area contributed by atoms with Crippen molar-refractivity contribution in [3.63, 3.8) is 0 Å². The molecule has 10 aromatic rings. The largest absolute Gasteiger partial charge is 0.309 e. The maximum absolute atomic E-state index is 9.55. The number of nitrogens with zero attached hydrogens (tertiary/aromatic N) is 4. The summed E-state index contributed by atoms with van der Waals surface area (Å²) in [6, 6.07) is 17.8. The van der Waals surface area contributed by atoms with Gasteiger partial charge in [0.25, 0.3) is 0 Å². The summed E-state index contributed by atoms with van der Waals surface area (Å²) in [4.78, 5) is 14.6. The third-order valence-corrected chi connectivity index (χ3v) is 9.62. The number of para-hydroxylation sites is 2. The SMILES string of the molecule is [2H]c1cc([2H])c2sc3c(-c4cc(-c5nc(-c6ccccc6)nc(-c6ccccc6)n5)ccc4-n4c5c([2H])c([2H])c([2H])c([2H])c5c5c([2H])c([2H])c([2H])c([2H])c54)c([2H])c([2H])c([2H])c3c2c1[2H]. The highest BCUT2D eigenvalue weighted by Crippen LogP contribution is 2.44. The van der Waals surface area contributed by atoms with Crippen LogP contribution in [0.4, 0.5) is 0 Å². The molecular formula is C45H28N4S. The average molecular weight is 671 g/mol. The van der Waals surface area contributed by atoms with Crippen molar-refractivity contribution in [1.82, 2.24) is 19.5 Å². The van der Waals surface area contributed by atoms with E-state index in [1.165, 1.54) is 10.6 Å².